The molecule has 0 unspecified atom stereocenters. The van der Waals surface area contributed by atoms with Crippen LogP contribution in [0.5, 0.6) is 0 Å². The second kappa shape index (κ2) is 7.37. The van der Waals surface area contributed by atoms with Crippen LogP contribution in [0.1, 0.15) is 16.1 Å². The molecule has 1 aromatic carbocycles. The minimum absolute atomic E-state index is 0.177. The smallest absolute Gasteiger partial charge is 0.276 e. The topological polar surface area (TPSA) is 81.3 Å². The zero-order valence-corrected chi connectivity index (χ0v) is 13.7. The predicted octanol–water partition coefficient (Wildman–Crippen LogP) is 0.770. The minimum atomic E-state index is -0.349. The fraction of sp³-hybridized carbons (Fsp3) is 0.353. The van der Waals surface area contributed by atoms with Crippen LogP contribution < -0.4 is 10.9 Å². The van der Waals surface area contributed by atoms with Gasteiger partial charge in [0.25, 0.3) is 11.5 Å². The van der Waals surface area contributed by atoms with E-state index in [0.29, 0.717) is 5.69 Å². The summed E-state index contributed by atoms with van der Waals surface area (Å²) in [6, 6.07) is 10.5. The summed E-state index contributed by atoms with van der Waals surface area (Å²) in [5.74, 6) is -0.349. The van der Waals surface area contributed by atoms with Crippen LogP contribution >= 0.6 is 0 Å². The molecule has 126 valence electrons. The molecule has 0 radical (unpaired) electrons. The number of carbonyl (C=O) groups is 1. The molecule has 1 aliphatic heterocycles. The quantitative estimate of drug-likeness (QED) is 0.867. The molecular weight excluding hydrogens is 306 g/mol. The molecule has 1 aromatic heterocycles. The highest BCUT2D eigenvalue weighted by molar-refractivity contribution is 6.02. The van der Waals surface area contributed by atoms with Crippen molar-refractivity contribution < 1.29 is 4.79 Å². The number of aromatic nitrogens is 2. The summed E-state index contributed by atoms with van der Waals surface area (Å²) in [6.07, 6.45) is 0. The summed E-state index contributed by atoms with van der Waals surface area (Å²) in [5, 5.41) is 8.73. The van der Waals surface area contributed by atoms with Gasteiger partial charge in [-0.05, 0) is 30.8 Å². The maximum Gasteiger partial charge on any atom is 0.276 e. The van der Waals surface area contributed by atoms with Gasteiger partial charge in [-0.1, -0.05) is 12.1 Å². The van der Waals surface area contributed by atoms with Crippen molar-refractivity contribution in [1.29, 1.82) is 0 Å². The van der Waals surface area contributed by atoms with Gasteiger partial charge in [-0.2, -0.15) is 5.10 Å². The predicted molar refractivity (Wildman–Crippen MR) is 92.0 cm³/mol. The van der Waals surface area contributed by atoms with Gasteiger partial charge in [0, 0.05) is 44.5 Å². The summed E-state index contributed by atoms with van der Waals surface area (Å²) in [6.45, 7) is 5.27. The van der Waals surface area contributed by atoms with Gasteiger partial charge in [0.15, 0.2) is 0 Å². The van der Waals surface area contributed by atoms with Crippen LogP contribution in [0, 0.1) is 0 Å². The number of rotatable bonds is 4. The standard InChI is InChI=1S/C17H21N5O2/c1-21-8-10-22(11-9-21)12-13-2-4-14(5-3-13)18-17(24)15-6-7-16(23)20-19-15/h2-7H,8-12H2,1H3,(H,18,24)(H,20,23). The molecule has 3 rings (SSSR count). The number of hydrogen-bond donors (Lipinski definition) is 2. The SMILES string of the molecule is CN1CCN(Cc2ccc(NC(=O)c3ccc(=O)[nH]n3)cc2)CC1. The van der Waals surface area contributed by atoms with Crippen LogP contribution in [-0.4, -0.2) is 59.1 Å². The van der Waals surface area contributed by atoms with Gasteiger partial charge in [-0.15, -0.1) is 0 Å². The van der Waals surface area contributed by atoms with E-state index in [-0.39, 0.29) is 17.2 Å². The zero-order chi connectivity index (χ0) is 16.9. The Morgan fingerprint density at radius 2 is 1.83 bits per heavy atom. The lowest BCUT2D eigenvalue weighted by molar-refractivity contribution is 0.102. The second-order valence-electron chi connectivity index (χ2n) is 6.04. The van der Waals surface area contributed by atoms with Gasteiger partial charge in [0.05, 0.1) is 0 Å². The highest BCUT2D eigenvalue weighted by Crippen LogP contribution is 2.13. The van der Waals surface area contributed by atoms with Crippen molar-refractivity contribution in [2.75, 3.05) is 38.5 Å². The van der Waals surface area contributed by atoms with E-state index in [2.05, 4.69) is 32.4 Å². The molecular formula is C17H21N5O2. The van der Waals surface area contributed by atoms with E-state index in [1.807, 2.05) is 24.3 Å². The van der Waals surface area contributed by atoms with E-state index in [9.17, 15) is 9.59 Å². The number of nitrogens with zero attached hydrogens (tertiary/aromatic N) is 3. The number of amides is 1. The van der Waals surface area contributed by atoms with Crippen molar-refractivity contribution in [1.82, 2.24) is 20.0 Å². The van der Waals surface area contributed by atoms with Gasteiger partial charge in [-0.3, -0.25) is 14.5 Å². The van der Waals surface area contributed by atoms with Gasteiger partial charge < -0.3 is 10.2 Å². The Morgan fingerprint density at radius 1 is 1.12 bits per heavy atom. The Kier molecular flexibility index (Phi) is 5.02. The van der Waals surface area contributed by atoms with Crippen molar-refractivity contribution in [2.45, 2.75) is 6.54 Å². The van der Waals surface area contributed by atoms with Crippen molar-refractivity contribution in [3.63, 3.8) is 0 Å². The Hall–Kier alpha value is -2.51. The number of carbonyl (C=O) groups excluding carboxylic acids is 1. The largest absolute Gasteiger partial charge is 0.321 e. The van der Waals surface area contributed by atoms with Crippen molar-refractivity contribution in [3.05, 3.63) is 58.0 Å². The summed E-state index contributed by atoms with van der Waals surface area (Å²) in [4.78, 5) is 27.8. The fourth-order valence-corrected chi connectivity index (χ4v) is 2.62. The molecule has 2 aromatic rings. The molecule has 1 fully saturated rings. The maximum absolute atomic E-state index is 12.0. The van der Waals surface area contributed by atoms with E-state index >= 15 is 0 Å². The van der Waals surface area contributed by atoms with Crippen LogP contribution in [-0.2, 0) is 6.54 Å². The van der Waals surface area contributed by atoms with E-state index in [4.69, 9.17) is 0 Å². The highest BCUT2D eigenvalue weighted by atomic mass is 16.2. The number of hydrogen-bond acceptors (Lipinski definition) is 5. The Balaban J connectivity index is 1.57. The number of aromatic amines is 1. The molecule has 0 bridgehead atoms. The van der Waals surface area contributed by atoms with Crippen LogP contribution in [0.15, 0.2) is 41.2 Å². The number of anilines is 1. The third-order valence-electron chi connectivity index (χ3n) is 4.13. The molecule has 0 aliphatic carbocycles. The molecule has 2 heterocycles. The molecule has 7 heteroatoms. The summed E-state index contributed by atoms with van der Waals surface area (Å²) in [5.41, 5.74) is 1.77. The average molecular weight is 327 g/mol. The van der Waals surface area contributed by atoms with Crippen LogP contribution in [0.4, 0.5) is 5.69 Å². The molecule has 7 nitrogen and oxygen atoms in total. The first kappa shape index (κ1) is 16.4. The molecule has 0 saturated carbocycles. The molecule has 1 aliphatic rings. The zero-order valence-electron chi connectivity index (χ0n) is 13.7. The first-order valence-electron chi connectivity index (χ1n) is 7.97. The van der Waals surface area contributed by atoms with Crippen LogP contribution in [0.3, 0.4) is 0 Å². The first-order valence-corrected chi connectivity index (χ1v) is 7.97. The van der Waals surface area contributed by atoms with E-state index in [0.717, 1.165) is 32.7 Å². The van der Waals surface area contributed by atoms with E-state index in [1.165, 1.54) is 17.7 Å². The average Bonchev–Trinajstić information content (AvgIpc) is 2.59. The Labute approximate surface area is 140 Å². The molecule has 1 amide bonds. The van der Waals surface area contributed by atoms with Crippen molar-refractivity contribution >= 4 is 11.6 Å². The van der Waals surface area contributed by atoms with E-state index < -0.39 is 0 Å². The maximum atomic E-state index is 12.0. The lowest BCUT2D eigenvalue weighted by Gasteiger charge is -2.32. The molecule has 24 heavy (non-hydrogen) atoms. The summed E-state index contributed by atoms with van der Waals surface area (Å²) >= 11 is 0. The lowest BCUT2D eigenvalue weighted by Crippen LogP contribution is -2.43. The minimum Gasteiger partial charge on any atom is -0.321 e. The Bertz CT molecular complexity index is 728. The number of nitrogens with one attached hydrogen (secondary N) is 2. The summed E-state index contributed by atoms with van der Waals surface area (Å²) in [7, 11) is 2.14. The fourth-order valence-electron chi connectivity index (χ4n) is 2.62. The van der Waals surface area contributed by atoms with Gasteiger partial charge in [0.2, 0.25) is 0 Å². The van der Waals surface area contributed by atoms with Gasteiger partial charge in [0.1, 0.15) is 5.69 Å². The molecule has 0 spiro atoms. The summed E-state index contributed by atoms with van der Waals surface area (Å²) < 4.78 is 0. The van der Waals surface area contributed by atoms with E-state index in [1.54, 1.807) is 0 Å². The normalized spacial score (nSPS) is 16.0. The number of H-pyrrole nitrogens is 1. The van der Waals surface area contributed by atoms with Gasteiger partial charge in [-0.25, -0.2) is 5.10 Å². The van der Waals surface area contributed by atoms with Crippen LogP contribution in [0.2, 0.25) is 0 Å². The second-order valence-corrected chi connectivity index (χ2v) is 6.04. The van der Waals surface area contributed by atoms with Gasteiger partial charge >= 0.3 is 0 Å². The molecule has 1 saturated heterocycles. The van der Waals surface area contributed by atoms with Crippen molar-refractivity contribution in [3.8, 4) is 0 Å². The monoisotopic (exact) mass is 327 g/mol. The molecule has 0 atom stereocenters. The highest BCUT2D eigenvalue weighted by Gasteiger charge is 2.14. The van der Waals surface area contributed by atoms with Crippen LogP contribution in [0.25, 0.3) is 0 Å². The third kappa shape index (κ3) is 4.27. The Morgan fingerprint density at radius 3 is 2.46 bits per heavy atom. The van der Waals surface area contributed by atoms with Crippen molar-refractivity contribution in [2.24, 2.45) is 0 Å². The first-order chi connectivity index (χ1) is 11.6. The number of benzene rings is 1. The number of likely N-dealkylation sites (N-methyl/N-ethyl adjacent to an activating group) is 1. The molecule has 2 N–H and O–H groups in total. The lowest BCUT2D eigenvalue weighted by atomic mass is 10.1. The number of piperazine rings is 1. The third-order valence-corrected chi connectivity index (χ3v) is 4.13.